The van der Waals surface area contributed by atoms with Crippen molar-refractivity contribution >= 4 is 17.9 Å². The summed E-state index contributed by atoms with van der Waals surface area (Å²) in [5, 5.41) is 17.5. The Bertz CT molecular complexity index is 1140. The first kappa shape index (κ1) is 26.0. The van der Waals surface area contributed by atoms with Crippen molar-refractivity contribution in [2.75, 3.05) is 6.54 Å². The SMILES string of the molecule is CCc1c(F)cc(F)cc1OC(C)C(=O)N(CC(=O)NNC(=O)O)Cc1ccc(C#N)cc1F. The largest absolute Gasteiger partial charge is 0.480 e. The summed E-state index contributed by atoms with van der Waals surface area (Å²) < 4.78 is 47.6. The van der Waals surface area contributed by atoms with Crippen LogP contribution in [0.4, 0.5) is 18.0 Å². The van der Waals surface area contributed by atoms with Crippen molar-refractivity contribution in [1.82, 2.24) is 15.8 Å². The number of hydrogen-bond acceptors (Lipinski definition) is 5. The lowest BCUT2D eigenvalue weighted by Crippen LogP contribution is -2.49. The molecule has 12 heteroatoms. The van der Waals surface area contributed by atoms with Crippen molar-refractivity contribution in [1.29, 1.82) is 5.26 Å². The molecule has 2 aromatic rings. The molecule has 2 rings (SSSR count). The number of ether oxygens (including phenoxy) is 1. The second-order valence-electron chi connectivity index (χ2n) is 7.07. The standard InChI is InChI=1S/C22H21F3N4O5/c1-3-16-18(25)7-15(23)8-19(16)34-12(2)21(31)29(11-20(30)27-28-22(32)33)10-14-5-4-13(9-26)6-17(14)24/h4-8,12,28H,3,10-11H2,1-2H3,(H,27,30)(H,32,33). The molecule has 34 heavy (non-hydrogen) atoms. The first-order chi connectivity index (χ1) is 16.0. The van der Waals surface area contributed by atoms with Gasteiger partial charge in [-0.3, -0.25) is 15.0 Å². The monoisotopic (exact) mass is 478 g/mol. The Morgan fingerprint density at radius 3 is 2.44 bits per heavy atom. The zero-order valence-electron chi connectivity index (χ0n) is 18.2. The van der Waals surface area contributed by atoms with Gasteiger partial charge in [-0.15, -0.1) is 0 Å². The summed E-state index contributed by atoms with van der Waals surface area (Å²) in [6, 6.07) is 6.88. The topological polar surface area (TPSA) is 132 Å². The first-order valence-corrected chi connectivity index (χ1v) is 9.95. The van der Waals surface area contributed by atoms with E-state index in [4.69, 9.17) is 15.1 Å². The third-order valence-electron chi connectivity index (χ3n) is 4.62. The fourth-order valence-electron chi connectivity index (χ4n) is 3.02. The van der Waals surface area contributed by atoms with Crippen LogP contribution < -0.4 is 15.6 Å². The van der Waals surface area contributed by atoms with Crippen LogP contribution in [0.15, 0.2) is 30.3 Å². The second kappa shape index (κ2) is 11.6. The zero-order valence-corrected chi connectivity index (χ0v) is 18.2. The van der Waals surface area contributed by atoms with Crippen molar-refractivity contribution < 1.29 is 37.4 Å². The number of amides is 3. The molecule has 1 unspecified atom stereocenters. The van der Waals surface area contributed by atoms with Crippen LogP contribution in [0.2, 0.25) is 0 Å². The van der Waals surface area contributed by atoms with E-state index < -0.39 is 54.6 Å². The van der Waals surface area contributed by atoms with E-state index in [-0.39, 0.29) is 28.9 Å². The van der Waals surface area contributed by atoms with E-state index in [1.54, 1.807) is 18.4 Å². The summed E-state index contributed by atoms with van der Waals surface area (Å²) in [7, 11) is 0. The highest BCUT2D eigenvalue weighted by molar-refractivity contribution is 5.87. The molecule has 180 valence electrons. The van der Waals surface area contributed by atoms with Gasteiger partial charge < -0.3 is 14.7 Å². The molecule has 1 atom stereocenters. The predicted octanol–water partition coefficient (Wildman–Crippen LogP) is 2.63. The number of halogens is 3. The lowest BCUT2D eigenvalue weighted by Gasteiger charge is -2.26. The van der Waals surface area contributed by atoms with Gasteiger partial charge in [0, 0.05) is 29.8 Å². The molecule has 0 saturated heterocycles. The maximum atomic E-state index is 14.4. The Kier molecular flexibility index (Phi) is 8.83. The van der Waals surface area contributed by atoms with Crippen molar-refractivity contribution in [3.8, 4) is 11.8 Å². The third kappa shape index (κ3) is 6.86. The van der Waals surface area contributed by atoms with E-state index in [1.807, 2.05) is 5.43 Å². The van der Waals surface area contributed by atoms with E-state index >= 15 is 0 Å². The van der Waals surface area contributed by atoms with Crippen LogP contribution >= 0.6 is 0 Å². The molecule has 0 saturated carbocycles. The number of carbonyl (C=O) groups is 3. The van der Waals surface area contributed by atoms with Crippen LogP contribution in [0.5, 0.6) is 5.75 Å². The molecular weight excluding hydrogens is 457 g/mol. The van der Waals surface area contributed by atoms with Gasteiger partial charge in [-0.05, 0) is 25.5 Å². The van der Waals surface area contributed by atoms with Crippen LogP contribution in [0.1, 0.15) is 30.5 Å². The van der Waals surface area contributed by atoms with E-state index in [0.29, 0.717) is 6.07 Å². The molecule has 0 fully saturated rings. The lowest BCUT2D eigenvalue weighted by atomic mass is 10.1. The summed E-state index contributed by atoms with van der Waals surface area (Å²) in [5.41, 5.74) is 3.52. The fourth-order valence-corrected chi connectivity index (χ4v) is 3.02. The highest BCUT2D eigenvalue weighted by Gasteiger charge is 2.27. The highest BCUT2D eigenvalue weighted by atomic mass is 19.1. The molecule has 0 spiro atoms. The van der Waals surface area contributed by atoms with Crippen LogP contribution in [0.3, 0.4) is 0 Å². The van der Waals surface area contributed by atoms with E-state index in [0.717, 1.165) is 17.0 Å². The molecule has 3 N–H and O–H groups in total. The van der Waals surface area contributed by atoms with Gasteiger partial charge in [0.2, 0.25) is 0 Å². The normalized spacial score (nSPS) is 11.2. The highest BCUT2D eigenvalue weighted by Crippen LogP contribution is 2.25. The summed E-state index contributed by atoms with van der Waals surface area (Å²) in [5.74, 6) is -4.57. The van der Waals surface area contributed by atoms with E-state index in [9.17, 15) is 27.6 Å². The van der Waals surface area contributed by atoms with Gasteiger partial charge in [0.25, 0.3) is 11.8 Å². The Balaban J connectivity index is 2.30. The molecule has 0 aliphatic heterocycles. The second-order valence-corrected chi connectivity index (χ2v) is 7.07. The summed E-state index contributed by atoms with van der Waals surface area (Å²) in [4.78, 5) is 36.6. The van der Waals surface area contributed by atoms with E-state index in [2.05, 4.69) is 0 Å². The predicted molar refractivity (Wildman–Crippen MR) is 112 cm³/mol. The average Bonchev–Trinajstić information content (AvgIpc) is 2.77. The molecule has 3 amide bonds. The maximum Gasteiger partial charge on any atom is 0.423 e. The molecule has 0 heterocycles. The van der Waals surface area contributed by atoms with Crippen LogP contribution in [-0.4, -0.2) is 40.6 Å². The minimum absolute atomic E-state index is 0.0362. The van der Waals surface area contributed by atoms with Gasteiger partial charge in [0.15, 0.2) is 6.10 Å². The molecule has 0 aliphatic rings. The minimum atomic E-state index is -1.55. The molecule has 0 radical (unpaired) electrons. The Labute approximate surface area is 192 Å². The quantitative estimate of drug-likeness (QED) is 0.500. The summed E-state index contributed by atoms with van der Waals surface area (Å²) in [6.45, 7) is 1.74. The van der Waals surface area contributed by atoms with Gasteiger partial charge >= 0.3 is 6.09 Å². The maximum absolute atomic E-state index is 14.4. The Morgan fingerprint density at radius 1 is 1.15 bits per heavy atom. The fraction of sp³-hybridized carbons (Fsp3) is 0.273. The van der Waals surface area contributed by atoms with Crippen LogP contribution in [-0.2, 0) is 22.6 Å². The van der Waals surface area contributed by atoms with Crippen LogP contribution in [0.25, 0.3) is 0 Å². The van der Waals surface area contributed by atoms with Gasteiger partial charge in [0.1, 0.15) is 29.7 Å². The molecular formula is C22H21F3N4O5. The molecule has 0 aliphatic carbocycles. The van der Waals surface area contributed by atoms with E-state index in [1.165, 1.54) is 19.1 Å². The number of nitrogens with one attached hydrogen (secondary N) is 2. The Hall–Kier alpha value is -4.27. The van der Waals surface area contributed by atoms with Gasteiger partial charge in [0.05, 0.1) is 11.6 Å². The molecule has 0 aromatic heterocycles. The first-order valence-electron chi connectivity index (χ1n) is 9.95. The number of carboxylic acid groups (broad SMARTS) is 1. The number of carbonyl (C=O) groups excluding carboxylic acids is 2. The van der Waals surface area contributed by atoms with Gasteiger partial charge in [-0.1, -0.05) is 13.0 Å². The average molecular weight is 478 g/mol. The molecule has 2 aromatic carbocycles. The van der Waals surface area contributed by atoms with Crippen molar-refractivity contribution in [2.45, 2.75) is 32.9 Å². The smallest absolute Gasteiger partial charge is 0.423 e. The minimum Gasteiger partial charge on any atom is -0.480 e. The number of hydrogen-bond donors (Lipinski definition) is 3. The van der Waals surface area contributed by atoms with Crippen molar-refractivity contribution in [3.63, 3.8) is 0 Å². The summed E-state index contributed by atoms with van der Waals surface area (Å²) in [6.07, 6.45) is -2.76. The number of hydrazine groups is 1. The van der Waals surface area contributed by atoms with Crippen molar-refractivity contribution in [3.05, 3.63) is 64.5 Å². The van der Waals surface area contributed by atoms with Crippen LogP contribution in [0, 0.1) is 28.8 Å². The lowest BCUT2D eigenvalue weighted by molar-refractivity contribution is -0.142. The third-order valence-corrected chi connectivity index (χ3v) is 4.62. The van der Waals surface area contributed by atoms with Crippen molar-refractivity contribution in [2.24, 2.45) is 0 Å². The number of nitriles is 1. The Morgan fingerprint density at radius 2 is 1.85 bits per heavy atom. The molecule has 0 bridgehead atoms. The van der Waals surface area contributed by atoms with Gasteiger partial charge in [-0.2, -0.15) is 5.26 Å². The number of benzene rings is 2. The van der Waals surface area contributed by atoms with Gasteiger partial charge in [-0.25, -0.2) is 23.4 Å². The summed E-state index contributed by atoms with van der Waals surface area (Å²) >= 11 is 0. The number of rotatable bonds is 8. The molecule has 9 nitrogen and oxygen atoms in total. The number of nitrogens with zero attached hydrogens (tertiary/aromatic N) is 2. The zero-order chi connectivity index (χ0) is 25.4.